The summed E-state index contributed by atoms with van der Waals surface area (Å²) in [6, 6.07) is 5.23. The summed E-state index contributed by atoms with van der Waals surface area (Å²) in [7, 11) is -1.41. The zero-order valence-electron chi connectivity index (χ0n) is 7.95. The highest BCUT2D eigenvalue weighted by Gasteiger charge is 2.06. The minimum Gasteiger partial charge on any atom is -0.496 e. The molecule has 1 aromatic carbocycles. The number of ether oxygens (including phenoxy) is 1. The van der Waals surface area contributed by atoms with Gasteiger partial charge < -0.3 is 4.74 Å². The van der Waals surface area contributed by atoms with Gasteiger partial charge in [0.25, 0.3) is 0 Å². The van der Waals surface area contributed by atoms with Crippen molar-refractivity contribution >= 4 is 25.8 Å². The van der Waals surface area contributed by atoms with E-state index >= 15 is 0 Å². The Morgan fingerprint density at radius 3 is 2.50 bits per heavy atom. The van der Waals surface area contributed by atoms with Gasteiger partial charge in [-0.2, -0.15) is 0 Å². The van der Waals surface area contributed by atoms with Crippen molar-refractivity contribution in [2.75, 3.05) is 13.4 Å². The number of halogens is 1. The van der Waals surface area contributed by atoms with Crippen LogP contribution in [-0.4, -0.2) is 21.8 Å². The summed E-state index contributed by atoms with van der Waals surface area (Å²) in [4.78, 5) is 0. The number of sulfone groups is 1. The number of rotatable bonds is 3. The Bertz CT molecular complexity index is 426. The first-order valence-electron chi connectivity index (χ1n) is 3.92. The second-order valence-electron chi connectivity index (χ2n) is 3.04. The first kappa shape index (κ1) is 11.5. The van der Waals surface area contributed by atoms with Crippen LogP contribution in [-0.2, 0) is 15.6 Å². The van der Waals surface area contributed by atoms with Crippen LogP contribution < -0.4 is 4.74 Å². The maximum Gasteiger partial charge on any atom is 0.151 e. The predicted molar refractivity (Wildman–Crippen MR) is 59.2 cm³/mol. The summed E-state index contributed by atoms with van der Waals surface area (Å²) < 4.78 is 27.8. The molecule has 0 heterocycles. The van der Waals surface area contributed by atoms with Crippen LogP contribution in [0.3, 0.4) is 0 Å². The summed E-state index contributed by atoms with van der Waals surface area (Å²) in [6.07, 6.45) is 1.21. The van der Waals surface area contributed by atoms with Gasteiger partial charge in [0.05, 0.1) is 17.3 Å². The lowest BCUT2D eigenvalue weighted by Crippen LogP contribution is -2.00. The molecule has 0 aliphatic rings. The highest BCUT2D eigenvalue weighted by molar-refractivity contribution is 9.10. The SMILES string of the molecule is COc1ccc(CS(C)(=O)=O)cc1Br. The van der Waals surface area contributed by atoms with E-state index in [0.29, 0.717) is 5.75 Å². The Hall–Kier alpha value is -0.550. The van der Waals surface area contributed by atoms with Crippen molar-refractivity contribution in [1.29, 1.82) is 0 Å². The summed E-state index contributed by atoms with van der Waals surface area (Å²) >= 11 is 3.30. The average molecular weight is 279 g/mol. The lowest BCUT2D eigenvalue weighted by molar-refractivity contribution is 0.412. The highest BCUT2D eigenvalue weighted by atomic mass is 79.9. The van der Waals surface area contributed by atoms with Crippen LogP contribution in [0.5, 0.6) is 5.75 Å². The molecular formula is C9H11BrO3S. The van der Waals surface area contributed by atoms with Crippen molar-refractivity contribution in [3.63, 3.8) is 0 Å². The first-order chi connectivity index (χ1) is 6.42. The lowest BCUT2D eigenvalue weighted by Gasteiger charge is -2.05. The molecule has 0 spiro atoms. The quantitative estimate of drug-likeness (QED) is 0.850. The Kier molecular flexibility index (Phi) is 3.55. The van der Waals surface area contributed by atoms with Crippen molar-refractivity contribution in [3.8, 4) is 5.75 Å². The third kappa shape index (κ3) is 3.31. The molecule has 1 rings (SSSR count). The van der Waals surface area contributed by atoms with Crippen LogP contribution in [0, 0.1) is 0 Å². The minimum atomic E-state index is -2.98. The van der Waals surface area contributed by atoms with Gasteiger partial charge in [-0.1, -0.05) is 6.07 Å². The molecule has 0 aliphatic carbocycles. The van der Waals surface area contributed by atoms with Gasteiger partial charge in [-0.25, -0.2) is 8.42 Å². The zero-order chi connectivity index (χ0) is 10.8. The fraction of sp³-hybridized carbons (Fsp3) is 0.333. The van der Waals surface area contributed by atoms with Crippen molar-refractivity contribution in [3.05, 3.63) is 28.2 Å². The predicted octanol–water partition coefficient (Wildman–Crippen LogP) is 2.00. The molecule has 0 amide bonds. The normalized spacial score (nSPS) is 11.4. The fourth-order valence-electron chi connectivity index (χ4n) is 1.10. The second kappa shape index (κ2) is 4.31. The van der Waals surface area contributed by atoms with Gasteiger partial charge in [-0.05, 0) is 33.6 Å². The Balaban J connectivity index is 2.98. The summed E-state index contributed by atoms with van der Waals surface area (Å²) in [5.74, 6) is 0.748. The van der Waals surface area contributed by atoms with E-state index in [1.165, 1.54) is 6.26 Å². The standard InChI is InChI=1S/C9H11BrO3S/c1-13-9-4-3-7(5-8(9)10)6-14(2,11)12/h3-5H,6H2,1-2H3. The fourth-order valence-corrected chi connectivity index (χ4v) is 2.48. The first-order valence-corrected chi connectivity index (χ1v) is 6.78. The summed E-state index contributed by atoms with van der Waals surface area (Å²) in [5, 5.41) is 0. The molecule has 0 N–H and O–H groups in total. The molecule has 0 unspecified atom stereocenters. The second-order valence-corrected chi connectivity index (χ2v) is 6.03. The molecule has 78 valence electrons. The summed E-state index contributed by atoms with van der Waals surface area (Å²) in [5.41, 5.74) is 0.750. The van der Waals surface area contributed by atoms with Gasteiger partial charge in [0.15, 0.2) is 9.84 Å². The molecule has 0 aromatic heterocycles. The Morgan fingerprint density at radius 1 is 1.43 bits per heavy atom. The summed E-state index contributed by atoms with van der Waals surface area (Å²) in [6.45, 7) is 0. The van der Waals surface area contributed by atoms with E-state index in [1.54, 1.807) is 25.3 Å². The molecule has 0 saturated heterocycles. The lowest BCUT2D eigenvalue weighted by atomic mass is 10.2. The maximum absolute atomic E-state index is 11.0. The molecule has 3 nitrogen and oxygen atoms in total. The van der Waals surface area contributed by atoms with Crippen molar-refractivity contribution in [2.45, 2.75) is 5.75 Å². The number of hydrogen-bond acceptors (Lipinski definition) is 3. The van der Waals surface area contributed by atoms with Gasteiger partial charge >= 0.3 is 0 Å². The molecule has 0 aliphatic heterocycles. The van der Waals surface area contributed by atoms with Crippen molar-refractivity contribution < 1.29 is 13.2 Å². The topological polar surface area (TPSA) is 43.4 Å². The Morgan fingerprint density at radius 2 is 2.07 bits per heavy atom. The van der Waals surface area contributed by atoms with E-state index in [9.17, 15) is 8.42 Å². The minimum absolute atomic E-state index is 0.0512. The molecule has 0 radical (unpaired) electrons. The Labute approximate surface area is 92.1 Å². The van der Waals surface area contributed by atoms with E-state index in [0.717, 1.165) is 10.0 Å². The molecule has 0 fully saturated rings. The molecule has 5 heteroatoms. The van der Waals surface area contributed by atoms with Gasteiger partial charge in [0.1, 0.15) is 5.75 Å². The van der Waals surface area contributed by atoms with E-state index in [4.69, 9.17) is 4.74 Å². The molecular weight excluding hydrogens is 268 g/mol. The number of hydrogen-bond donors (Lipinski definition) is 0. The molecule has 14 heavy (non-hydrogen) atoms. The van der Waals surface area contributed by atoms with E-state index in [2.05, 4.69) is 15.9 Å². The maximum atomic E-state index is 11.0. The largest absolute Gasteiger partial charge is 0.496 e. The van der Waals surface area contributed by atoms with Crippen LogP contribution in [0.2, 0.25) is 0 Å². The smallest absolute Gasteiger partial charge is 0.151 e. The zero-order valence-corrected chi connectivity index (χ0v) is 10.4. The molecule has 1 aromatic rings. The number of benzene rings is 1. The molecule has 0 bridgehead atoms. The van der Waals surface area contributed by atoms with Crippen LogP contribution in [0.15, 0.2) is 22.7 Å². The third-order valence-electron chi connectivity index (χ3n) is 1.65. The van der Waals surface area contributed by atoms with Gasteiger partial charge in [0.2, 0.25) is 0 Å². The monoisotopic (exact) mass is 278 g/mol. The number of methoxy groups -OCH3 is 1. The third-order valence-corrected chi connectivity index (χ3v) is 3.12. The van der Waals surface area contributed by atoms with Gasteiger partial charge in [0, 0.05) is 6.26 Å². The van der Waals surface area contributed by atoms with Gasteiger partial charge in [-0.15, -0.1) is 0 Å². The highest BCUT2D eigenvalue weighted by Crippen LogP contribution is 2.26. The average Bonchev–Trinajstić information content (AvgIpc) is 2.01. The van der Waals surface area contributed by atoms with Gasteiger partial charge in [-0.3, -0.25) is 0 Å². The van der Waals surface area contributed by atoms with E-state index < -0.39 is 9.84 Å². The molecule has 0 saturated carbocycles. The molecule has 0 atom stereocenters. The van der Waals surface area contributed by atoms with Crippen LogP contribution in [0.25, 0.3) is 0 Å². The van der Waals surface area contributed by atoms with Crippen LogP contribution in [0.1, 0.15) is 5.56 Å². The van der Waals surface area contributed by atoms with E-state index in [1.807, 2.05) is 0 Å². The van der Waals surface area contributed by atoms with Crippen LogP contribution >= 0.6 is 15.9 Å². The van der Waals surface area contributed by atoms with Crippen LogP contribution in [0.4, 0.5) is 0 Å². The van der Waals surface area contributed by atoms with Crippen molar-refractivity contribution in [2.24, 2.45) is 0 Å². The van der Waals surface area contributed by atoms with Crippen molar-refractivity contribution in [1.82, 2.24) is 0 Å². The van der Waals surface area contributed by atoms with E-state index in [-0.39, 0.29) is 5.75 Å².